The van der Waals surface area contributed by atoms with Gasteiger partial charge in [-0.3, -0.25) is 0 Å². The lowest BCUT2D eigenvalue weighted by Crippen LogP contribution is -1.86. The molecule has 0 spiro atoms. The van der Waals surface area contributed by atoms with E-state index in [-0.39, 0.29) is 0 Å². The smallest absolute Gasteiger partial charge is 0.147 e. The monoisotopic (exact) mass is 306 g/mol. The third-order valence-electron chi connectivity index (χ3n) is 2.01. The molecule has 0 saturated heterocycles. The molecule has 1 nitrogen and oxygen atoms in total. The molecule has 17 heavy (non-hydrogen) atoms. The molecule has 0 fully saturated rings. The molecule has 2 aromatic carbocycles. The second-order valence-corrected chi connectivity index (χ2v) is 4.94. The molecule has 5 heteroatoms. The van der Waals surface area contributed by atoms with Crippen LogP contribution in [0.2, 0.25) is 20.1 Å². The van der Waals surface area contributed by atoms with Gasteiger partial charge in [-0.15, -0.1) is 0 Å². The van der Waals surface area contributed by atoms with Gasteiger partial charge < -0.3 is 4.74 Å². The van der Waals surface area contributed by atoms with Crippen molar-refractivity contribution in [3.05, 3.63) is 56.5 Å². The molecule has 0 saturated carbocycles. The molecule has 88 valence electrons. The van der Waals surface area contributed by atoms with Crippen molar-refractivity contribution in [1.82, 2.24) is 0 Å². The number of halogens is 4. The van der Waals surface area contributed by atoms with Crippen molar-refractivity contribution in [2.24, 2.45) is 0 Å². The highest BCUT2D eigenvalue weighted by Crippen LogP contribution is 2.36. The van der Waals surface area contributed by atoms with Gasteiger partial charge >= 0.3 is 0 Å². The molecular weight excluding hydrogens is 302 g/mol. The van der Waals surface area contributed by atoms with Gasteiger partial charge in [-0.05, 0) is 30.3 Å². The summed E-state index contributed by atoms with van der Waals surface area (Å²) in [4.78, 5) is 0. The Bertz CT molecular complexity index is 554. The first-order valence-corrected chi connectivity index (χ1v) is 6.15. The fourth-order valence-electron chi connectivity index (χ4n) is 1.23. The van der Waals surface area contributed by atoms with Crippen LogP contribution in [0.25, 0.3) is 0 Å². The van der Waals surface area contributed by atoms with Crippen molar-refractivity contribution in [1.29, 1.82) is 0 Å². The molecule has 0 aliphatic heterocycles. The van der Waals surface area contributed by atoms with E-state index < -0.39 is 0 Å². The molecule has 0 bridgehead atoms. The van der Waals surface area contributed by atoms with Gasteiger partial charge in [0.05, 0.1) is 10.0 Å². The number of rotatable bonds is 2. The van der Waals surface area contributed by atoms with Crippen molar-refractivity contribution in [3.63, 3.8) is 0 Å². The van der Waals surface area contributed by atoms with Gasteiger partial charge in [0.2, 0.25) is 0 Å². The molecule has 0 radical (unpaired) electrons. The van der Waals surface area contributed by atoms with Gasteiger partial charge in [-0.25, -0.2) is 0 Å². The minimum Gasteiger partial charge on any atom is -0.454 e. The Hall–Kier alpha value is -0.600. The second kappa shape index (κ2) is 5.36. The molecular formula is C12H6Cl4O. The molecule has 0 atom stereocenters. The van der Waals surface area contributed by atoms with E-state index >= 15 is 0 Å². The highest BCUT2D eigenvalue weighted by Gasteiger charge is 2.07. The van der Waals surface area contributed by atoms with Crippen LogP contribution in [0.15, 0.2) is 36.4 Å². The van der Waals surface area contributed by atoms with Crippen LogP contribution in [0.1, 0.15) is 0 Å². The average Bonchev–Trinajstić information content (AvgIpc) is 2.27. The van der Waals surface area contributed by atoms with E-state index in [0.29, 0.717) is 31.6 Å². The summed E-state index contributed by atoms with van der Waals surface area (Å²) in [5, 5.41) is 1.95. The third-order valence-corrected chi connectivity index (χ3v) is 3.08. The molecule has 2 aromatic rings. The lowest BCUT2D eigenvalue weighted by molar-refractivity contribution is 0.483. The summed E-state index contributed by atoms with van der Waals surface area (Å²) >= 11 is 23.6. The Morgan fingerprint density at radius 3 is 2.00 bits per heavy atom. The molecule has 2 rings (SSSR count). The fraction of sp³-hybridized carbons (Fsp3) is 0. The number of hydrogen-bond acceptors (Lipinski definition) is 1. The minimum absolute atomic E-state index is 0.411. The van der Waals surface area contributed by atoms with Gasteiger partial charge in [0.25, 0.3) is 0 Å². The Labute approximate surface area is 119 Å². The maximum Gasteiger partial charge on any atom is 0.147 e. The van der Waals surface area contributed by atoms with Crippen molar-refractivity contribution >= 4 is 46.4 Å². The quantitative estimate of drug-likeness (QED) is 0.652. The van der Waals surface area contributed by atoms with E-state index in [1.807, 2.05) is 0 Å². The number of ether oxygens (including phenoxy) is 1. The van der Waals surface area contributed by atoms with E-state index in [4.69, 9.17) is 51.1 Å². The minimum atomic E-state index is 0.411. The Morgan fingerprint density at radius 2 is 1.29 bits per heavy atom. The van der Waals surface area contributed by atoms with E-state index in [9.17, 15) is 0 Å². The van der Waals surface area contributed by atoms with Crippen molar-refractivity contribution < 1.29 is 4.74 Å². The standard InChI is InChI=1S/C12H6Cl4O/c13-7-2-4-11(10(16)5-7)17-12-6-8(14)1-3-9(12)15/h1-6H. The van der Waals surface area contributed by atoms with Gasteiger partial charge in [-0.2, -0.15) is 0 Å². The Morgan fingerprint density at radius 1 is 0.647 bits per heavy atom. The topological polar surface area (TPSA) is 9.23 Å². The lowest BCUT2D eigenvalue weighted by atomic mass is 10.3. The summed E-state index contributed by atoms with van der Waals surface area (Å²) < 4.78 is 5.57. The van der Waals surface area contributed by atoms with Crippen LogP contribution in [0.3, 0.4) is 0 Å². The highest BCUT2D eigenvalue weighted by atomic mass is 35.5. The Balaban J connectivity index is 2.34. The van der Waals surface area contributed by atoms with Gasteiger partial charge in [0.15, 0.2) is 0 Å². The third kappa shape index (κ3) is 3.20. The number of hydrogen-bond donors (Lipinski definition) is 0. The van der Waals surface area contributed by atoms with E-state index in [1.165, 1.54) is 0 Å². The zero-order chi connectivity index (χ0) is 12.4. The van der Waals surface area contributed by atoms with Gasteiger partial charge in [-0.1, -0.05) is 46.4 Å². The van der Waals surface area contributed by atoms with Crippen molar-refractivity contribution in [2.75, 3.05) is 0 Å². The highest BCUT2D eigenvalue weighted by molar-refractivity contribution is 6.36. The summed E-state index contributed by atoms with van der Waals surface area (Å²) in [5.41, 5.74) is 0. The van der Waals surface area contributed by atoms with Crippen LogP contribution in [0.4, 0.5) is 0 Å². The SMILES string of the molecule is Clc1ccc(Oc2cc(Cl)ccc2Cl)c(Cl)c1. The van der Waals surface area contributed by atoms with Crippen LogP contribution in [0.5, 0.6) is 11.5 Å². The summed E-state index contributed by atoms with van der Waals surface area (Å²) in [5.74, 6) is 0.920. The molecule has 0 aliphatic carbocycles. The van der Waals surface area contributed by atoms with Crippen LogP contribution in [-0.4, -0.2) is 0 Å². The van der Waals surface area contributed by atoms with Crippen LogP contribution < -0.4 is 4.74 Å². The van der Waals surface area contributed by atoms with E-state index in [2.05, 4.69) is 0 Å². The normalized spacial score (nSPS) is 10.4. The summed E-state index contributed by atoms with van der Waals surface area (Å²) in [7, 11) is 0. The molecule has 0 amide bonds. The first-order chi connectivity index (χ1) is 8.06. The van der Waals surface area contributed by atoms with E-state index in [1.54, 1.807) is 36.4 Å². The van der Waals surface area contributed by atoms with Crippen LogP contribution in [0, 0.1) is 0 Å². The zero-order valence-corrected chi connectivity index (χ0v) is 11.4. The summed E-state index contributed by atoms with van der Waals surface area (Å²) in [6.07, 6.45) is 0. The second-order valence-electron chi connectivity index (χ2n) is 3.25. The van der Waals surface area contributed by atoms with Crippen LogP contribution in [-0.2, 0) is 0 Å². The number of benzene rings is 2. The molecule has 0 heterocycles. The Kier molecular flexibility index (Phi) is 4.05. The average molecular weight is 308 g/mol. The zero-order valence-electron chi connectivity index (χ0n) is 8.38. The summed E-state index contributed by atoms with van der Waals surface area (Å²) in [6, 6.07) is 9.90. The van der Waals surface area contributed by atoms with Gasteiger partial charge in [0, 0.05) is 16.1 Å². The first-order valence-electron chi connectivity index (χ1n) is 4.64. The lowest BCUT2D eigenvalue weighted by Gasteiger charge is -2.09. The maximum atomic E-state index is 5.99. The predicted octanol–water partition coefficient (Wildman–Crippen LogP) is 6.09. The molecule has 0 N–H and O–H groups in total. The molecule has 0 aromatic heterocycles. The van der Waals surface area contributed by atoms with Crippen LogP contribution >= 0.6 is 46.4 Å². The first kappa shape index (κ1) is 12.8. The predicted molar refractivity (Wildman–Crippen MR) is 73.0 cm³/mol. The largest absolute Gasteiger partial charge is 0.454 e. The summed E-state index contributed by atoms with van der Waals surface area (Å²) in [6.45, 7) is 0. The van der Waals surface area contributed by atoms with E-state index in [0.717, 1.165) is 0 Å². The molecule has 0 unspecified atom stereocenters. The molecule has 0 aliphatic rings. The van der Waals surface area contributed by atoms with Crippen molar-refractivity contribution in [3.8, 4) is 11.5 Å². The van der Waals surface area contributed by atoms with Gasteiger partial charge in [0.1, 0.15) is 11.5 Å². The fourth-order valence-corrected chi connectivity index (χ4v) is 2.00. The van der Waals surface area contributed by atoms with Crippen molar-refractivity contribution in [2.45, 2.75) is 0 Å². The maximum absolute atomic E-state index is 5.99.